The van der Waals surface area contributed by atoms with Crippen LogP contribution in [0.3, 0.4) is 0 Å². The molecule has 0 N–H and O–H groups in total. The first kappa shape index (κ1) is 12.2. The maximum Gasteiger partial charge on any atom is 0.197 e. The van der Waals surface area contributed by atoms with Crippen LogP contribution in [-0.4, -0.2) is 17.3 Å². The highest BCUT2D eigenvalue weighted by Crippen LogP contribution is 2.16. The molecule has 0 heterocycles. The minimum atomic E-state index is -0.405. The van der Waals surface area contributed by atoms with E-state index < -0.39 is 11.6 Å². The van der Waals surface area contributed by atoms with Gasteiger partial charge in [0.1, 0.15) is 0 Å². The molecule has 1 aliphatic carbocycles. The Labute approximate surface area is 105 Å². The Kier molecular flexibility index (Phi) is 3.06. The quantitative estimate of drug-likeness (QED) is 0.452. The molecular weight excluding hydrogens is 228 g/mol. The van der Waals surface area contributed by atoms with Crippen molar-refractivity contribution >= 4 is 17.3 Å². The van der Waals surface area contributed by atoms with E-state index >= 15 is 0 Å². The zero-order valence-corrected chi connectivity index (χ0v) is 10.2. The maximum absolute atomic E-state index is 12.1. The van der Waals surface area contributed by atoms with Crippen molar-refractivity contribution in [3.05, 3.63) is 58.7 Å². The van der Waals surface area contributed by atoms with Crippen LogP contribution in [0.25, 0.3) is 0 Å². The van der Waals surface area contributed by atoms with Crippen molar-refractivity contribution in [3.63, 3.8) is 0 Å². The number of rotatable bonds is 2. The zero-order valence-electron chi connectivity index (χ0n) is 10.2. The maximum atomic E-state index is 12.1. The van der Waals surface area contributed by atoms with E-state index in [1.165, 1.54) is 6.08 Å². The van der Waals surface area contributed by atoms with Crippen molar-refractivity contribution < 1.29 is 14.4 Å². The smallest absolute Gasteiger partial charge is 0.197 e. The number of hydrogen-bond acceptors (Lipinski definition) is 3. The predicted octanol–water partition coefficient (Wildman–Crippen LogP) is 2.20. The minimum absolute atomic E-state index is 0.0607. The lowest BCUT2D eigenvalue weighted by Crippen LogP contribution is -2.18. The number of benzene rings is 1. The standard InChI is InChI=1S/C15H12O3/c1-9-3-5-11(6-4-9)15(18)12-8-13(16)10(2)7-14(12)17/h3-8H,1-2H3. The Morgan fingerprint density at radius 2 is 1.50 bits per heavy atom. The monoisotopic (exact) mass is 240 g/mol. The van der Waals surface area contributed by atoms with Gasteiger partial charge in [-0.05, 0) is 19.9 Å². The lowest BCUT2D eigenvalue weighted by molar-refractivity contribution is -0.115. The van der Waals surface area contributed by atoms with Crippen molar-refractivity contribution in [3.8, 4) is 0 Å². The summed E-state index contributed by atoms with van der Waals surface area (Å²) in [5, 5.41) is 0. The molecule has 90 valence electrons. The minimum Gasteiger partial charge on any atom is -0.290 e. The van der Waals surface area contributed by atoms with Gasteiger partial charge in [0.15, 0.2) is 17.3 Å². The molecule has 3 heteroatoms. The second kappa shape index (κ2) is 4.53. The molecule has 0 spiro atoms. The van der Waals surface area contributed by atoms with E-state index in [-0.39, 0.29) is 11.4 Å². The molecule has 0 saturated heterocycles. The van der Waals surface area contributed by atoms with Crippen LogP contribution in [0.5, 0.6) is 0 Å². The average molecular weight is 240 g/mol. The number of aryl methyl sites for hydroxylation is 1. The van der Waals surface area contributed by atoms with Crippen LogP contribution >= 0.6 is 0 Å². The summed E-state index contributed by atoms with van der Waals surface area (Å²) < 4.78 is 0. The van der Waals surface area contributed by atoms with Crippen molar-refractivity contribution in [1.29, 1.82) is 0 Å². The molecule has 0 aromatic heterocycles. The Morgan fingerprint density at radius 1 is 0.889 bits per heavy atom. The molecule has 0 saturated carbocycles. The Morgan fingerprint density at radius 3 is 2.11 bits per heavy atom. The highest BCUT2D eigenvalue weighted by atomic mass is 16.2. The van der Waals surface area contributed by atoms with Gasteiger partial charge in [-0.2, -0.15) is 0 Å². The molecule has 0 amide bonds. The second-order valence-electron chi connectivity index (χ2n) is 4.31. The second-order valence-corrected chi connectivity index (χ2v) is 4.31. The van der Waals surface area contributed by atoms with E-state index in [2.05, 4.69) is 0 Å². The zero-order chi connectivity index (χ0) is 13.3. The van der Waals surface area contributed by atoms with Gasteiger partial charge in [-0.3, -0.25) is 14.4 Å². The van der Waals surface area contributed by atoms with Gasteiger partial charge in [-0.15, -0.1) is 0 Å². The van der Waals surface area contributed by atoms with Gasteiger partial charge < -0.3 is 0 Å². The number of carbonyl (C=O) groups excluding carboxylic acids is 3. The van der Waals surface area contributed by atoms with Gasteiger partial charge >= 0.3 is 0 Å². The molecular formula is C15H12O3. The molecule has 1 aromatic carbocycles. The first-order valence-electron chi connectivity index (χ1n) is 5.59. The summed E-state index contributed by atoms with van der Waals surface area (Å²) in [6.45, 7) is 3.47. The summed E-state index contributed by atoms with van der Waals surface area (Å²) in [5.41, 5.74) is 1.75. The molecule has 0 bridgehead atoms. The third-order valence-corrected chi connectivity index (χ3v) is 2.84. The molecule has 0 radical (unpaired) electrons. The number of ketones is 3. The summed E-state index contributed by atoms with van der Waals surface area (Å²) in [6, 6.07) is 6.90. The molecule has 0 aliphatic heterocycles. The van der Waals surface area contributed by atoms with Gasteiger partial charge in [0.2, 0.25) is 0 Å². The normalized spacial score (nSPS) is 15.2. The molecule has 18 heavy (non-hydrogen) atoms. The summed E-state index contributed by atoms with van der Waals surface area (Å²) >= 11 is 0. The summed E-state index contributed by atoms with van der Waals surface area (Å²) in [7, 11) is 0. The van der Waals surface area contributed by atoms with Crippen LogP contribution in [-0.2, 0) is 9.59 Å². The third-order valence-electron chi connectivity index (χ3n) is 2.84. The van der Waals surface area contributed by atoms with Gasteiger partial charge in [-0.25, -0.2) is 0 Å². The molecule has 3 nitrogen and oxygen atoms in total. The van der Waals surface area contributed by atoms with Crippen LogP contribution in [0.2, 0.25) is 0 Å². The molecule has 0 fully saturated rings. The van der Waals surface area contributed by atoms with E-state index in [0.29, 0.717) is 11.1 Å². The van der Waals surface area contributed by atoms with E-state index in [1.54, 1.807) is 31.2 Å². The van der Waals surface area contributed by atoms with Crippen molar-refractivity contribution in [2.24, 2.45) is 0 Å². The van der Waals surface area contributed by atoms with Crippen LogP contribution in [0.15, 0.2) is 47.6 Å². The topological polar surface area (TPSA) is 51.2 Å². The molecule has 2 rings (SSSR count). The van der Waals surface area contributed by atoms with Crippen molar-refractivity contribution in [2.75, 3.05) is 0 Å². The average Bonchev–Trinajstić information content (AvgIpc) is 2.34. The molecule has 0 unspecified atom stereocenters. The van der Waals surface area contributed by atoms with E-state index in [0.717, 1.165) is 11.6 Å². The van der Waals surface area contributed by atoms with Crippen molar-refractivity contribution in [2.45, 2.75) is 13.8 Å². The van der Waals surface area contributed by atoms with Gasteiger partial charge in [0, 0.05) is 17.2 Å². The van der Waals surface area contributed by atoms with Gasteiger partial charge in [0.05, 0.1) is 5.57 Å². The molecule has 0 atom stereocenters. The fourth-order valence-corrected chi connectivity index (χ4v) is 1.70. The fraction of sp³-hybridized carbons (Fsp3) is 0.133. The largest absolute Gasteiger partial charge is 0.290 e. The molecule has 1 aliphatic rings. The van der Waals surface area contributed by atoms with Gasteiger partial charge in [0.25, 0.3) is 0 Å². The first-order valence-corrected chi connectivity index (χ1v) is 5.59. The van der Waals surface area contributed by atoms with Crippen LogP contribution < -0.4 is 0 Å². The summed E-state index contributed by atoms with van der Waals surface area (Å²) in [5.74, 6) is -1.10. The predicted molar refractivity (Wildman–Crippen MR) is 67.4 cm³/mol. The highest BCUT2D eigenvalue weighted by Gasteiger charge is 2.23. The first-order chi connectivity index (χ1) is 8.49. The number of Topliss-reactive ketones (excluding diaryl/α,β-unsaturated/α-hetero) is 1. The summed E-state index contributed by atoms with van der Waals surface area (Å²) in [6.07, 6.45) is 2.34. The van der Waals surface area contributed by atoms with Gasteiger partial charge in [-0.1, -0.05) is 29.8 Å². The fourth-order valence-electron chi connectivity index (χ4n) is 1.70. The molecule has 1 aromatic rings. The number of allylic oxidation sites excluding steroid dienone is 4. The Balaban J connectivity index is 2.36. The number of carbonyl (C=O) groups is 3. The van der Waals surface area contributed by atoms with E-state index in [4.69, 9.17) is 0 Å². The van der Waals surface area contributed by atoms with Crippen LogP contribution in [0.1, 0.15) is 22.8 Å². The number of hydrogen-bond donors (Lipinski definition) is 0. The highest BCUT2D eigenvalue weighted by molar-refractivity contribution is 6.35. The lowest BCUT2D eigenvalue weighted by atomic mass is 9.92. The van der Waals surface area contributed by atoms with Crippen LogP contribution in [0.4, 0.5) is 0 Å². The third kappa shape index (κ3) is 2.20. The van der Waals surface area contributed by atoms with Crippen molar-refractivity contribution in [1.82, 2.24) is 0 Å². The van der Waals surface area contributed by atoms with Crippen LogP contribution in [0, 0.1) is 6.92 Å². The van der Waals surface area contributed by atoms with E-state index in [1.807, 2.05) is 6.92 Å². The Bertz CT molecular complexity index is 601. The summed E-state index contributed by atoms with van der Waals surface area (Å²) in [4.78, 5) is 35.3. The SMILES string of the molecule is CC1=CC(=O)C(C(=O)c2ccc(C)cc2)=CC1=O. The van der Waals surface area contributed by atoms with E-state index in [9.17, 15) is 14.4 Å². The lowest BCUT2D eigenvalue weighted by Gasteiger charge is -2.08. The Hall–Kier alpha value is -2.29.